The first-order valence-corrected chi connectivity index (χ1v) is 7.71. The van der Waals surface area contributed by atoms with Crippen molar-refractivity contribution in [3.8, 4) is 0 Å². The van der Waals surface area contributed by atoms with Crippen LogP contribution in [0.25, 0.3) is 0 Å². The van der Waals surface area contributed by atoms with Gasteiger partial charge in [-0.1, -0.05) is 0 Å². The van der Waals surface area contributed by atoms with Crippen molar-refractivity contribution >= 4 is 5.91 Å². The van der Waals surface area contributed by atoms with Gasteiger partial charge in [0.15, 0.2) is 0 Å². The molecule has 18 heavy (non-hydrogen) atoms. The quantitative estimate of drug-likeness (QED) is 0.804. The highest BCUT2D eigenvalue weighted by atomic mass is 16.2. The van der Waals surface area contributed by atoms with Crippen LogP contribution in [-0.4, -0.2) is 29.9 Å². The van der Waals surface area contributed by atoms with E-state index in [9.17, 15) is 4.79 Å². The molecule has 0 aromatic carbocycles. The molecule has 3 aliphatic carbocycles. The molecule has 3 heteroatoms. The first-order chi connectivity index (χ1) is 8.70. The molecule has 6 unspecified atom stereocenters. The van der Waals surface area contributed by atoms with E-state index >= 15 is 0 Å². The van der Waals surface area contributed by atoms with E-state index in [1.54, 1.807) is 0 Å². The van der Waals surface area contributed by atoms with Crippen molar-refractivity contribution in [3.63, 3.8) is 0 Å². The minimum atomic E-state index is 0.412. The Bertz CT molecular complexity index is 367. The van der Waals surface area contributed by atoms with E-state index in [0.29, 0.717) is 23.8 Å². The largest absolute Gasteiger partial charge is 0.339 e. The van der Waals surface area contributed by atoms with Crippen molar-refractivity contribution in [2.24, 2.45) is 41.2 Å². The van der Waals surface area contributed by atoms with Crippen LogP contribution < -0.4 is 5.73 Å². The fourth-order valence-electron chi connectivity index (χ4n) is 5.47. The van der Waals surface area contributed by atoms with Crippen LogP contribution in [0.15, 0.2) is 0 Å². The summed E-state index contributed by atoms with van der Waals surface area (Å²) in [6.07, 6.45) is 5.34. The monoisotopic (exact) mass is 248 g/mol. The Hall–Kier alpha value is -0.570. The predicted molar refractivity (Wildman–Crippen MR) is 69.6 cm³/mol. The fraction of sp³-hybridized carbons (Fsp3) is 0.933. The van der Waals surface area contributed by atoms with Crippen LogP contribution in [0.3, 0.4) is 0 Å². The van der Waals surface area contributed by atoms with Crippen LogP contribution in [0.2, 0.25) is 0 Å². The molecule has 100 valence electrons. The van der Waals surface area contributed by atoms with E-state index in [1.165, 1.54) is 19.3 Å². The van der Waals surface area contributed by atoms with Gasteiger partial charge in [-0.2, -0.15) is 0 Å². The number of nitrogens with two attached hydrogens (primary N) is 1. The lowest BCUT2D eigenvalue weighted by Gasteiger charge is -2.23. The lowest BCUT2D eigenvalue weighted by molar-refractivity contribution is -0.134. The summed E-state index contributed by atoms with van der Waals surface area (Å²) in [5.41, 5.74) is 5.76. The first-order valence-electron chi connectivity index (χ1n) is 7.71. The van der Waals surface area contributed by atoms with Crippen LogP contribution in [0.4, 0.5) is 0 Å². The molecule has 1 aliphatic heterocycles. The van der Waals surface area contributed by atoms with E-state index < -0.39 is 0 Å². The van der Waals surface area contributed by atoms with Crippen LogP contribution in [0.5, 0.6) is 0 Å². The molecule has 6 atom stereocenters. The van der Waals surface area contributed by atoms with Crippen molar-refractivity contribution in [1.29, 1.82) is 0 Å². The predicted octanol–water partition coefficient (Wildman–Crippen LogP) is 1.47. The Morgan fingerprint density at radius 3 is 2.44 bits per heavy atom. The number of fused-ring (bicyclic) bond motifs is 5. The van der Waals surface area contributed by atoms with Gasteiger partial charge in [0.2, 0.25) is 5.91 Å². The smallest absolute Gasteiger partial charge is 0.226 e. The zero-order valence-corrected chi connectivity index (χ0v) is 11.2. The molecular formula is C15H24N2O. The van der Waals surface area contributed by atoms with Gasteiger partial charge in [-0.25, -0.2) is 0 Å². The molecular weight excluding hydrogens is 224 g/mol. The van der Waals surface area contributed by atoms with Crippen molar-refractivity contribution in [2.45, 2.75) is 38.6 Å². The molecule has 0 radical (unpaired) electrons. The zero-order valence-electron chi connectivity index (χ0n) is 11.2. The van der Waals surface area contributed by atoms with Crippen molar-refractivity contribution in [2.75, 3.05) is 13.1 Å². The number of likely N-dealkylation sites (tertiary alicyclic amines) is 1. The van der Waals surface area contributed by atoms with Gasteiger partial charge in [0, 0.05) is 18.5 Å². The maximum atomic E-state index is 12.7. The summed E-state index contributed by atoms with van der Waals surface area (Å²) < 4.78 is 0. The summed E-state index contributed by atoms with van der Waals surface area (Å²) in [5.74, 6) is 4.79. The maximum absolute atomic E-state index is 12.7. The summed E-state index contributed by atoms with van der Waals surface area (Å²) in [6, 6.07) is 0.421. The highest BCUT2D eigenvalue weighted by Gasteiger charge is 2.68. The number of carbonyl (C=O) groups is 1. The summed E-state index contributed by atoms with van der Waals surface area (Å²) in [4.78, 5) is 14.8. The van der Waals surface area contributed by atoms with Crippen molar-refractivity contribution in [3.05, 3.63) is 0 Å². The average Bonchev–Trinajstić information content (AvgIpc) is 2.71. The Labute approximate surface area is 109 Å². The number of carbonyl (C=O) groups excluding carboxylic acids is 1. The fourth-order valence-corrected chi connectivity index (χ4v) is 5.47. The molecule has 4 fully saturated rings. The van der Waals surface area contributed by atoms with Gasteiger partial charge in [-0.3, -0.25) is 4.79 Å². The van der Waals surface area contributed by atoms with Crippen LogP contribution in [0.1, 0.15) is 32.6 Å². The minimum Gasteiger partial charge on any atom is -0.339 e. The Morgan fingerprint density at radius 2 is 1.89 bits per heavy atom. The second-order valence-corrected chi connectivity index (χ2v) is 7.19. The molecule has 4 aliphatic rings. The van der Waals surface area contributed by atoms with Gasteiger partial charge < -0.3 is 10.6 Å². The summed E-state index contributed by atoms with van der Waals surface area (Å²) in [5, 5.41) is 0. The first kappa shape index (κ1) is 11.3. The lowest BCUT2D eigenvalue weighted by Crippen LogP contribution is -2.37. The van der Waals surface area contributed by atoms with Crippen LogP contribution >= 0.6 is 0 Å². The highest BCUT2D eigenvalue weighted by molar-refractivity contribution is 5.83. The maximum Gasteiger partial charge on any atom is 0.226 e. The van der Waals surface area contributed by atoms with Crippen molar-refractivity contribution < 1.29 is 4.79 Å². The van der Waals surface area contributed by atoms with Gasteiger partial charge in [0.1, 0.15) is 0 Å². The number of hydrogen-bond donors (Lipinski definition) is 1. The molecule has 4 rings (SSSR count). The Kier molecular flexibility index (Phi) is 2.33. The SMILES string of the molecule is CC1CC(CN)CN1C(=O)C1C2C3CCC(C3)C12. The minimum absolute atomic E-state index is 0.412. The molecule has 2 bridgehead atoms. The highest BCUT2D eigenvalue weighted by Crippen LogP contribution is 2.69. The number of hydrogen-bond acceptors (Lipinski definition) is 2. The van der Waals surface area contributed by atoms with Crippen LogP contribution in [-0.2, 0) is 4.79 Å². The molecule has 2 N–H and O–H groups in total. The van der Waals surface area contributed by atoms with E-state index in [2.05, 4.69) is 11.8 Å². The Morgan fingerprint density at radius 1 is 1.22 bits per heavy atom. The average molecular weight is 248 g/mol. The number of rotatable bonds is 2. The number of amides is 1. The summed E-state index contributed by atoms with van der Waals surface area (Å²) in [7, 11) is 0. The van der Waals surface area contributed by atoms with Gasteiger partial charge >= 0.3 is 0 Å². The van der Waals surface area contributed by atoms with Gasteiger partial charge in [-0.15, -0.1) is 0 Å². The molecule has 3 nitrogen and oxygen atoms in total. The van der Waals surface area contributed by atoms with E-state index in [1.807, 2.05) is 0 Å². The third kappa shape index (κ3) is 1.37. The topological polar surface area (TPSA) is 46.3 Å². The van der Waals surface area contributed by atoms with Crippen LogP contribution in [0, 0.1) is 35.5 Å². The molecule has 1 saturated heterocycles. The normalized spacial score (nSPS) is 52.8. The van der Waals surface area contributed by atoms with Gasteiger partial charge in [0.25, 0.3) is 0 Å². The molecule has 0 aromatic heterocycles. The third-order valence-electron chi connectivity index (χ3n) is 6.30. The second-order valence-electron chi connectivity index (χ2n) is 7.19. The summed E-state index contributed by atoms with van der Waals surface area (Å²) in [6.45, 7) is 3.85. The van der Waals surface area contributed by atoms with Gasteiger partial charge in [0.05, 0.1) is 0 Å². The molecule has 1 amide bonds. The lowest BCUT2D eigenvalue weighted by atomic mass is 10.0. The zero-order chi connectivity index (χ0) is 12.4. The standard InChI is InChI=1S/C15H24N2O/c1-8-4-9(6-16)7-17(8)15(18)14-12-10-2-3-11(5-10)13(12)14/h8-14H,2-7,16H2,1H3. The third-order valence-corrected chi connectivity index (χ3v) is 6.30. The van der Waals surface area contributed by atoms with E-state index in [-0.39, 0.29) is 0 Å². The number of nitrogens with zero attached hydrogens (tertiary/aromatic N) is 1. The van der Waals surface area contributed by atoms with Gasteiger partial charge in [-0.05, 0) is 68.7 Å². The molecule has 0 spiro atoms. The summed E-state index contributed by atoms with van der Waals surface area (Å²) >= 11 is 0. The second kappa shape index (κ2) is 3.72. The molecule has 3 saturated carbocycles. The molecule has 1 heterocycles. The van der Waals surface area contributed by atoms with Crippen molar-refractivity contribution in [1.82, 2.24) is 4.90 Å². The Balaban J connectivity index is 1.46. The molecule has 0 aromatic rings. The van der Waals surface area contributed by atoms with E-state index in [4.69, 9.17) is 5.73 Å². The van der Waals surface area contributed by atoms with E-state index in [0.717, 1.165) is 43.2 Å².